The molecule has 2 N–H and O–H groups in total. The number of fused-ring (bicyclic) bond motifs is 1. The Morgan fingerprint density at radius 2 is 1.74 bits per heavy atom. The van der Waals surface area contributed by atoms with E-state index in [0.717, 1.165) is 4.70 Å². The molecule has 1 aliphatic rings. The lowest BCUT2D eigenvalue weighted by molar-refractivity contribution is -0.274. The first-order valence-corrected chi connectivity index (χ1v) is 17.6. The molecule has 2 heterocycles. The summed E-state index contributed by atoms with van der Waals surface area (Å²) < 4.78 is 83.3. The maximum atomic E-state index is 13.4. The van der Waals surface area contributed by atoms with Crippen LogP contribution >= 0.6 is 22.9 Å². The number of hydrogen-bond donors (Lipinski definition) is 2. The summed E-state index contributed by atoms with van der Waals surface area (Å²) in [6.07, 6.45) is -4.48. The molecule has 5 rings (SSSR count). The average Bonchev–Trinajstić information content (AvgIpc) is 3.60. The second-order valence-electron chi connectivity index (χ2n) is 12.2. The summed E-state index contributed by atoms with van der Waals surface area (Å²) in [4.78, 5) is 13.7. The van der Waals surface area contributed by atoms with Crippen LogP contribution in [-0.4, -0.2) is 45.8 Å². The fourth-order valence-electron chi connectivity index (χ4n) is 5.31. The molecular weight excluding hydrogens is 677 g/mol. The Bertz CT molecular complexity index is 1890. The molecule has 4 aromatic rings. The summed E-state index contributed by atoms with van der Waals surface area (Å²) in [6, 6.07) is 15.9. The zero-order valence-corrected chi connectivity index (χ0v) is 28.4. The van der Waals surface area contributed by atoms with E-state index in [1.54, 1.807) is 62.4 Å². The van der Waals surface area contributed by atoms with E-state index in [1.165, 1.54) is 23.5 Å². The van der Waals surface area contributed by atoms with Gasteiger partial charge in [-0.1, -0.05) is 25.4 Å². The molecule has 1 aromatic heterocycles. The number of sulfonamides is 1. The van der Waals surface area contributed by atoms with Crippen LogP contribution in [0.1, 0.15) is 54.9 Å². The number of ether oxygens (including phenoxy) is 3. The van der Waals surface area contributed by atoms with Gasteiger partial charge in [0.05, 0.1) is 23.3 Å². The summed E-state index contributed by atoms with van der Waals surface area (Å²) >= 11 is 7.71. The van der Waals surface area contributed by atoms with E-state index in [4.69, 9.17) is 21.1 Å². The number of thiophene rings is 1. The normalized spacial score (nSPS) is 15.6. The molecule has 252 valence electrons. The van der Waals surface area contributed by atoms with Crippen molar-refractivity contribution in [2.24, 2.45) is 5.92 Å². The Morgan fingerprint density at radius 3 is 2.43 bits per heavy atom. The van der Waals surface area contributed by atoms with Gasteiger partial charge in [-0.3, -0.25) is 9.52 Å². The summed E-state index contributed by atoms with van der Waals surface area (Å²) in [6.45, 7) is 8.14. The molecule has 14 heteroatoms. The second kappa shape index (κ2) is 13.5. The number of benzene rings is 3. The molecule has 1 atom stereocenters. The third-order valence-corrected chi connectivity index (χ3v) is 10.4. The number of nitrogens with one attached hydrogen (secondary N) is 2. The number of carbonyl (C=O) groups excluding carboxylic acids is 1. The minimum Gasteiger partial charge on any atom is -0.491 e. The number of carbonyl (C=O) groups is 1. The monoisotopic (exact) mass is 710 g/mol. The number of halogens is 4. The minimum atomic E-state index is -4.89. The number of alkyl halides is 3. The molecule has 1 aliphatic heterocycles. The van der Waals surface area contributed by atoms with Crippen LogP contribution < -0.4 is 19.5 Å². The van der Waals surface area contributed by atoms with Crippen molar-refractivity contribution < 1.29 is 40.6 Å². The highest BCUT2D eigenvalue weighted by Gasteiger charge is 2.33. The summed E-state index contributed by atoms with van der Waals surface area (Å²) in [7, 11) is -3.58. The lowest BCUT2D eigenvalue weighted by Crippen LogP contribution is -2.22. The molecule has 0 spiro atoms. The van der Waals surface area contributed by atoms with Crippen LogP contribution in [0.3, 0.4) is 0 Å². The first-order chi connectivity index (χ1) is 22.0. The van der Waals surface area contributed by atoms with Crippen molar-refractivity contribution in [3.05, 3.63) is 81.7 Å². The predicted octanol–water partition coefficient (Wildman–Crippen LogP) is 8.60. The van der Waals surface area contributed by atoms with E-state index in [0.29, 0.717) is 57.4 Å². The Balaban J connectivity index is 1.37. The molecule has 0 radical (unpaired) electrons. The molecule has 0 bridgehead atoms. The van der Waals surface area contributed by atoms with Crippen LogP contribution in [0.25, 0.3) is 10.1 Å². The summed E-state index contributed by atoms with van der Waals surface area (Å²) in [5.41, 5.74) is 0.985. The molecular formula is C33H34ClF3N2O6S2. The van der Waals surface area contributed by atoms with Gasteiger partial charge in [-0.05, 0) is 91.4 Å². The zero-order valence-electron chi connectivity index (χ0n) is 26.0. The average molecular weight is 711 g/mol. The fourth-order valence-corrected chi connectivity index (χ4v) is 7.94. The van der Waals surface area contributed by atoms with Gasteiger partial charge in [0.1, 0.15) is 11.5 Å². The summed E-state index contributed by atoms with van der Waals surface area (Å²) in [5.74, 6) is -0.688. The van der Waals surface area contributed by atoms with Crippen LogP contribution in [0, 0.1) is 5.92 Å². The third-order valence-electron chi connectivity index (χ3n) is 7.58. The zero-order chi connectivity index (χ0) is 34.1. The van der Waals surface area contributed by atoms with Gasteiger partial charge in [0.25, 0.3) is 5.91 Å². The van der Waals surface area contributed by atoms with E-state index >= 15 is 0 Å². The van der Waals surface area contributed by atoms with Crippen molar-refractivity contribution in [3.8, 4) is 11.5 Å². The van der Waals surface area contributed by atoms with Crippen molar-refractivity contribution in [2.75, 3.05) is 29.0 Å². The highest BCUT2D eigenvalue weighted by atomic mass is 35.5. The third kappa shape index (κ3) is 9.10. The Hall–Kier alpha value is -3.52. The topological polar surface area (TPSA) is 103 Å². The fraction of sp³-hybridized carbons (Fsp3) is 0.364. The Morgan fingerprint density at radius 1 is 1.02 bits per heavy atom. The first kappa shape index (κ1) is 34.8. The van der Waals surface area contributed by atoms with Crippen LogP contribution in [0.15, 0.2) is 60.7 Å². The van der Waals surface area contributed by atoms with Gasteiger partial charge < -0.3 is 19.5 Å². The van der Waals surface area contributed by atoms with E-state index < -0.39 is 33.5 Å². The summed E-state index contributed by atoms with van der Waals surface area (Å²) in [5, 5.41) is 3.86. The Labute approximate surface area is 280 Å². The molecule has 1 saturated heterocycles. The minimum absolute atomic E-state index is 0.0274. The van der Waals surface area contributed by atoms with Crippen LogP contribution in [-0.2, 0) is 20.2 Å². The Kier molecular flexibility index (Phi) is 10.0. The molecule has 0 saturated carbocycles. The van der Waals surface area contributed by atoms with Crippen LogP contribution in [0.4, 0.5) is 24.5 Å². The molecule has 1 unspecified atom stereocenters. The standard InChI is InChI=1S/C33H34ClF3N2O6S2/c1-19(2)44-27-13-23(14-28(16-27)45-33(35,36)37)32(3,4)22-11-24(34)15-26(12-22)38-31(40)30-10-21-9-25(5-6-29(21)46-30)39-47(41,42)18-20-7-8-43-17-20/h5-6,9-16,19-20,39H,7-8,17-18H2,1-4H3,(H,38,40). The van der Waals surface area contributed by atoms with Gasteiger partial charge >= 0.3 is 6.36 Å². The van der Waals surface area contributed by atoms with Gasteiger partial charge in [-0.15, -0.1) is 24.5 Å². The molecule has 1 fully saturated rings. The van der Waals surface area contributed by atoms with Crippen molar-refractivity contribution in [1.82, 2.24) is 0 Å². The number of amides is 1. The lowest BCUT2D eigenvalue weighted by atomic mass is 9.78. The van der Waals surface area contributed by atoms with Crippen molar-refractivity contribution >= 4 is 60.3 Å². The highest BCUT2D eigenvalue weighted by Crippen LogP contribution is 2.40. The first-order valence-electron chi connectivity index (χ1n) is 14.8. The highest BCUT2D eigenvalue weighted by molar-refractivity contribution is 7.92. The largest absolute Gasteiger partial charge is 0.573 e. The van der Waals surface area contributed by atoms with E-state index in [-0.39, 0.29) is 23.5 Å². The lowest BCUT2D eigenvalue weighted by Gasteiger charge is -2.28. The predicted molar refractivity (Wildman–Crippen MR) is 179 cm³/mol. The molecule has 8 nitrogen and oxygen atoms in total. The van der Waals surface area contributed by atoms with Gasteiger partial charge in [0.2, 0.25) is 10.0 Å². The smallest absolute Gasteiger partial charge is 0.491 e. The quantitative estimate of drug-likeness (QED) is 0.162. The van der Waals surface area contributed by atoms with Crippen LogP contribution in [0.2, 0.25) is 5.02 Å². The number of anilines is 2. The van der Waals surface area contributed by atoms with E-state index in [2.05, 4.69) is 14.8 Å². The second-order valence-corrected chi connectivity index (χ2v) is 15.5. The van der Waals surface area contributed by atoms with Gasteiger partial charge in [-0.2, -0.15) is 0 Å². The van der Waals surface area contributed by atoms with Crippen molar-refractivity contribution in [2.45, 2.75) is 52.0 Å². The molecule has 0 aliphatic carbocycles. The molecule has 47 heavy (non-hydrogen) atoms. The van der Waals surface area contributed by atoms with E-state index in [9.17, 15) is 26.4 Å². The molecule has 1 amide bonds. The van der Waals surface area contributed by atoms with Crippen molar-refractivity contribution in [3.63, 3.8) is 0 Å². The van der Waals surface area contributed by atoms with Crippen molar-refractivity contribution in [1.29, 1.82) is 0 Å². The molecule has 3 aromatic carbocycles. The SMILES string of the molecule is CC(C)Oc1cc(OC(F)(F)F)cc(C(C)(C)c2cc(Cl)cc(NC(=O)c3cc4cc(NS(=O)(=O)CC5CCOC5)ccc4s3)c2)c1. The van der Waals surface area contributed by atoms with Crippen LogP contribution in [0.5, 0.6) is 11.5 Å². The van der Waals surface area contributed by atoms with Gasteiger partial charge in [-0.25, -0.2) is 8.42 Å². The maximum Gasteiger partial charge on any atom is 0.573 e. The van der Waals surface area contributed by atoms with Gasteiger partial charge in [0, 0.05) is 45.1 Å². The van der Waals surface area contributed by atoms with E-state index in [1.807, 2.05) is 13.8 Å². The maximum absolute atomic E-state index is 13.4. The number of rotatable bonds is 11. The number of hydrogen-bond acceptors (Lipinski definition) is 7. The van der Waals surface area contributed by atoms with Gasteiger partial charge in [0.15, 0.2) is 0 Å².